The number of para-hydroxylation sites is 1. The van der Waals surface area contributed by atoms with Crippen LogP contribution in [0.15, 0.2) is 65.2 Å². The fraction of sp³-hybridized carbons (Fsp3) is 0.136. The highest BCUT2D eigenvalue weighted by atomic mass is 19.1. The molecule has 29 heavy (non-hydrogen) atoms. The van der Waals surface area contributed by atoms with Gasteiger partial charge in [-0.1, -0.05) is 36.4 Å². The van der Waals surface area contributed by atoms with Crippen LogP contribution in [0.1, 0.15) is 17.0 Å². The minimum Gasteiger partial charge on any atom is -0.467 e. The zero-order valence-corrected chi connectivity index (χ0v) is 15.7. The summed E-state index contributed by atoms with van der Waals surface area (Å²) in [5.41, 5.74) is 2.75. The smallest absolute Gasteiger partial charge is 0.260 e. The van der Waals surface area contributed by atoms with Gasteiger partial charge in [-0.15, -0.1) is 5.10 Å². The van der Waals surface area contributed by atoms with Crippen molar-refractivity contribution < 1.29 is 13.5 Å². The molecule has 0 aliphatic heterocycles. The molecule has 0 spiro atoms. The first kappa shape index (κ1) is 17.4. The summed E-state index contributed by atoms with van der Waals surface area (Å²) in [6, 6.07) is 16.3. The molecule has 144 valence electrons. The second kappa shape index (κ2) is 7.01. The maximum absolute atomic E-state index is 14.1. The molecule has 0 aliphatic carbocycles. The van der Waals surface area contributed by atoms with Crippen LogP contribution in [-0.4, -0.2) is 20.0 Å². The molecule has 2 aromatic carbocycles. The van der Waals surface area contributed by atoms with E-state index in [1.807, 2.05) is 37.3 Å². The quantitative estimate of drug-likeness (QED) is 0.439. The average Bonchev–Trinajstić information content (AvgIpc) is 3.34. The van der Waals surface area contributed by atoms with Crippen molar-refractivity contribution in [1.29, 1.82) is 0 Å². The van der Waals surface area contributed by atoms with Crippen LogP contribution in [0.4, 0.5) is 4.39 Å². The highest BCUT2D eigenvalue weighted by Gasteiger charge is 2.16. The first-order valence-corrected chi connectivity index (χ1v) is 9.21. The summed E-state index contributed by atoms with van der Waals surface area (Å²) in [5, 5.41) is 14.6. The van der Waals surface area contributed by atoms with Gasteiger partial charge in [0.2, 0.25) is 0 Å². The van der Waals surface area contributed by atoms with Crippen LogP contribution in [0.5, 0.6) is 5.88 Å². The SMILES string of the molecule is Cc1nnc(OCc2cc3ccccc3o2)c2c1cnn2Cc1ccccc1F. The van der Waals surface area contributed by atoms with Gasteiger partial charge >= 0.3 is 0 Å². The Labute approximate surface area is 165 Å². The first-order chi connectivity index (χ1) is 14.2. The Morgan fingerprint density at radius 2 is 1.90 bits per heavy atom. The monoisotopic (exact) mass is 388 g/mol. The van der Waals surface area contributed by atoms with E-state index >= 15 is 0 Å². The maximum atomic E-state index is 14.1. The summed E-state index contributed by atoms with van der Waals surface area (Å²) in [6.07, 6.45) is 1.70. The fourth-order valence-corrected chi connectivity index (χ4v) is 3.35. The first-order valence-electron chi connectivity index (χ1n) is 9.21. The number of nitrogens with zero attached hydrogens (tertiary/aromatic N) is 4. The average molecular weight is 388 g/mol. The topological polar surface area (TPSA) is 66.0 Å². The fourth-order valence-electron chi connectivity index (χ4n) is 3.35. The van der Waals surface area contributed by atoms with Crippen LogP contribution in [0.2, 0.25) is 0 Å². The van der Waals surface area contributed by atoms with Gasteiger partial charge in [-0.3, -0.25) is 4.68 Å². The zero-order chi connectivity index (χ0) is 19.8. The molecule has 3 aromatic heterocycles. The third-order valence-electron chi connectivity index (χ3n) is 4.83. The van der Waals surface area contributed by atoms with Crippen LogP contribution in [0.3, 0.4) is 0 Å². The number of aryl methyl sites for hydroxylation is 1. The van der Waals surface area contributed by atoms with Crippen LogP contribution in [0.25, 0.3) is 21.9 Å². The molecule has 0 atom stereocenters. The number of hydrogen-bond acceptors (Lipinski definition) is 5. The normalized spacial score (nSPS) is 11.4. The third kappa shape index (κ3) is 3.20. The maximum Gasteiger partial charge on any atom is 0.260 e. The minimum atomic E-state index is -0.278. The molecule has 5 rings (SSSR count). The Morgan fingerprint density at radius 1 is 1.07 bits per heavy atom. The van der Waals surface area contributed by atoms with E-state index in [1.165, 1.54) is 6.07 Å². The molecular weight excluding hydrogens is 371 g/mol. The summed E-state index contributed by atoms with van der Waals surface area (Å²) < 4.78 is 27.5. The molecule has 0 saturated heterocycles. The molecular formula is C22H17FN4O2. The van der Waals surface area contributed by atoms with Crippen LogP contribution in [0, 0.1) is 12.7 Å². The molecule has 0 radical (unpaired) electrons. The largest absolute Gasteiger partial charge is 0.467 e. The Bertz CT molecular complexity index is 1290. The molecule has 0 bridgehead atoms. The summed E-state index contributed by atoms with van der Waals surface area (Å²) in [6.45, 7) is 2.32. The van der Waals surface area contributed by atoms with E-state index in [4.69, 9.17) is 9.15 Å². The predicted octanol–water partition coefficient (Wildman–Crippen LogP) is 4.65. The van der Waals surface area contributed by atoms with Gasteiger partial charge in [0.25, 0.3) is 5.88 Å². The molecule has 3 heterocycles. The lowest BCUT2D eigenvalue weighted by molar-refractivity contribution is 0.263. The summed E-state index contributed by atoms with van der Waals surface area (Å²) >= 11 is 0. The van der Waals surface area contributed by atoms with Gasteiger partial charge in [-0.05, 0) is 25.1 Å². The number of aromatic nitrogens is 4. The van der Waals surface area contributed by atoms with Crippen LogP contribution >= 0.6 is 0 Å². The number of fused-ring (bicyclic) bond motifs is 2. The van der Waals surface area contributed by atoms with E-state index in [9.17, 15) is 4.39 Å². The number of rotatable bonds is 5. The van der Waals surface area contributed by atoms with E-state index in [0.29, 0.717) is 22.7 Å². The Kier molecular flexibility index (Phi) is 4.20. The van der Waals surface area contributed by atoms with Crippen molar-refractivity contribution in [2.75, 3.05) is 0 Å². The van der Waals surface area contributed by atoms with Gasteiger partial charge in [0.1, 0.15) is 29.3 Å². The molecule has 7 heteroatoms. The lowest BCUT2D eigenvalue weighted by Crippen LogP contribution is -2.07. The molecule has 0 amide bonds. The Balaban J connectivity index is 1.49. The highest BCUT2D eigenvalue weighted by Crippen LogP contribution is 2.27. The van der Waals surface area contributed by atoms with Gasteiger partial charge in [-0.2, -0.15) is 10.2 Å². The van der Waals surface area contributed by atoms with Gasteiger partial charge in [0.05, 0.1) is 18.4 Å². The van der Waals surface area contributed by atoms with E-state index in [1.54, 1.807) is 29.1 Å². The molecule has 0 saturated carbocycles. The van der Waals surface area contributed by atoms with E-state index in [0.717, 1.165) is 22.0 Å². The number of benzene rings is 2. The summed E-state index contributed by atoms with van der Waals surface area (Å²) in [7, 11) is 0. The number of furan rings is 1. The molecule has 6 nitrogen and oxygen atoms in total. The van der Waals surface area contributed by atoms with Crippen molar-refractivity contribution in [3.63, 3.8) is 0 Å². The zero-order valence-electron chi connectivity index (χ0n) is 15.7. The Hall–Kier alpha value is -3.74. The Morgan fingerprint density at radius 3 is 2.76 bits per heavy atom. The second-order valence-corrected chi connectivity index (χ2v) is 6.79. The molecule has 0 fully saturated rings. The lowest BCUT2D eigenvalue weighted by Gasteiger charge is -2.09. The van der Waals surface area contributed by atoms with Crippen molar-refractivity contribution in [2.24, 2.45) is 0 Å². The number of halogens is 1. The number of ether oxygens (including phenoxy) is 1. The van der Waals surface area contributed by atoms with E-state index in [-0.39, 0.29) is 19.0 Å². The van der Waals surface area contributed by atoms with Crippen molar-refractivity contribution in [3.05, 3.63) is 83.6 Å². The van der Waals surface area contributed by atoms with Crippen molar-refractivity contribution >= 4 is 21.9 Å². The summed E-state index contributed by atoms with van der Waals surface area (Å²) in [5.74, 6) is 0.737. The van der Waals surface area contributed by atoms with E-state index in [2.05, 4.69) is 15.3 Å². The molecule has 5 aromatic rings. The van der Waals surface area contributed by atoms with Crippen molar-refractivity contribution in [1.82, 2.24) is 20.0 Å². The van der Waals surface area contributed by atoms with Gasteiger partial charge in [0.15, 0.2) is 0 Å². The summed E-state index contributed by atoms with van der Waals surface area (Å²) in [4.78, 5) is 0. The highest BCUT2D eigenvalue weighted by molar-refractivity contribution is 5.84. The molecule has 0 N–H and O–H groups in total. The second-order valence-electron chi connectivity index (χ2n) is 6.79. The lowest BCUT2D eigenvalue weighted by atomic mass is 10.2. The van der Waals surface area contributed by atoms with Crippen molar-refractivity contribution in [3.8, 4) is 5.88 Å². The third-order valence-corrected chi connectivity index (χ3v) is 4.83. The molecule has 0 aliphatic rings. The van der Waals surface area contributed by atoms with Gasteiger partial charge in [0, 0.05) is 16.3 Å². The van der Waals surface area contributed by atoms with Crippen LogP contribution in [-0.2, 0) is 13.2 Å². The van der Waals surface area contributed by atoms with Crippen LogP contribution < -0.4 is 4.74 Å². The van der Waals surface area contributed by atoms with Gasteiger partial charge in [-0.25, -0.2) is 4.39 Å². The molecule has 0 unspecified atom stereocenters. The van der Waals surface area contributed by atoms with Gasteiger partial charge < -0.3 is 9.15 Å². The standard InChI is InChI=1S/C22H17FN4O2/c1-14-18-11-24-27(12-16-7-2-4-8-19(16)23)21(18)22(26-25-14)28-13-17-10-15-6-3-5-9-20(15)29-17/h2-11H,12-13H2,1H3. The van der Waals surface area contributed by atoms with Crippen molar-refractivity contribution in [2.45, 2.75) is 20.1 Å². The predicted molar refractivity (Wildman–Crippen MR) is 106 cm³/mol. The minimum absolute atomic E-state index is 0.201. The number of hydrogen-bond donors (Lipinski definition) is 0. The van der Waals surface area contributed by atoms with E-state index < -0.39 is 0 Å².